The van der Waals surface area contributed by atoms with Crippen LogP contribution in [0.4, 0.5) is 0 Å². The van der Waals surface area contributed by atoms with Crippen molar-refractivity contribution in [3.05, 3.63) is 60.4 Å². The number of morpholine rings is 1. The Hall–Kier alpha value is -3.72. The predicted molar refractivity (Wildman–Crippen MR) is 110 cm³/mol. The molecular weight excluding hydrogens is 384 g/mol. The summed E-state index contributed by atoms with van der Waals surface area (Å²) in [4.78, 5) is 28.8. The van der Waals surface area contributed by atoms with Crippen molar-refractivity contribution < 1.29 is 14.4 Å². The molecular formula is C21H20N6O3. The van der Waals surface area contributed by atoms with Gasteiger partial charge in [-0.15, -0.1) is 5.10 Å². The first-order chi connectivity index (χ1) is 14.8. The number of fused-ring (bicyclic) bond motifs is 2. The highest BCUT2D eigenvalue weighted by Gasteiger charge is 2.24. The van der Waals surface area contributed by atoms with Gasteiger partial charge in [0.25, 0.3) is 0 Å². The van der Waals surface area contributed by atoms with Crippen LogP contribution in [0.2, 0.25) is 0 Å². The molecule has 4 aromatic rings. The van der Waals surface area contributed by atoms with E-state index in [1.165, 1.54) is 4.85 Å². The van der Waals surface area contributed by atoms with E-state index < -0.39 is 0 Å². The summed E-state index contributed by atoms with van der Waals surface area (Å²) in [7, 11) is 0. The number of ether oxygens (including phenoxy) is 1. The molecule has 5 rings (SSSR count). The molecule has 1 atom stereocenters. The Bertz CT molecular complexity index is 1210. The maximum Gasteiger partial charge on any atom is 0.246 e. The van der Waals surface area contributed by atoms with E-state index >= 15 is 0 Å². The summed E-state index contributed by atoms with van der Waals surface area (Å²) in [6.07, 6.45) is 6.75. The zero-order valence-corrected chi connectivity index (χ0v) is 16.1. The van der Waals surface area contributed by atoms with Gasteiger partial charge in [0.2, 0.25) is 11.6 Å². The minimum Gasteiger partial charge on any atom is -0.391 e. The number of H-pyrrole nitrogens is 1. The summed E-state index contributed by atoms with van der Waals surface area (Å²) in [5.74, 6) is -0.0542. The first kappa shape index (κ1) is 18.3. The first-order valence-electron chi connectivity index (χ1n) is 9.72. The summed E-state index contributed by atoms with van der Waals surface area (Å²) in [6, 6.07) is 11.6. The summed E-state index contributed by atoms with van der Waals surface area (Å²) >= 11 is 0. The second-order valence-electron chi connectivity index (χ2n) is 7.00. The van der Waals surface area contributed by atoms with Gasteiger partial charge in [-0.3, -0.25) is 4.79 Å². The van der Waals surface area contributed by atoms with Gasteiger partial charge >= 0.3 is 0 Å². The van der Waals surface area contributed by atoms with Crippen LogP contribution >= 0.6 is 0 Å². The molecule has 30 heavy (non-hydrogen) atoms. The fourth-order valence-electron chi connectivity index (χ4n) is 3.50. The van der Waals surface area contributed by atoms with E-state index in [1.807, 2.05) is 42.6 Å². The van der Waals surface area contributed by atoms with Gasteiger partial charge in [0.05, 0.1) is 13.2 Å². The van der Waals surface area contributed by atoms with Gasteiger partial charge in [-0.1, -0.05) is 23.0 Å². The van der Waals surface area contributed by atoms with Crippen LogP contribution in [0.15, 0.2) is 54.9 Å². The third kappa shape index (κ3) is 3.62. The van der Waals surface area contributed by atoms with E-state index in [9.17, 15) is 4.79 Å². The van der Waals surface area contributed by atoms with Crippen molar-refractivity contribution in [1.82, 2.24) is 30.0 Å². The monoisotopic (exact) mass is 404 g/mol. The van der Waals surface area contributed by atoms with Gasteiger partial charge in [0, 0.05) is 35.9 Å². The average Bonchev–Trinajstić information content (AvgIpc) is 3.40. The SMILES string of the molecule is O=C(C=Cc1c[nH]c2ccccc12)N1CCOC(COn2nnc3cccnc32)C1. The molecule has 1 N–H and O–H groups in total. The minimum absolute atomic E-state index is 0.0542. The number of carbonyl (C=O) groups is 1. The fourth-order valence-corrected chi connectivity index (χ4v) is 3.50. The first-order valence-corrected chi connectivity index (χ1v) is 9.72. The second kappa shape index (κ2) is 7.96. The number of benzene rings is 1. The number of pyridine rings is 1. The van der Waals surface area contributed by atoms with Gasteiger partial charge in [-0.2, -0.15) is 0 Å². The molecule has 0 aliphatic carbocycles. The van der Waals surface area contributed by atoms with E-state index in [0.29, 0.717) is 30.9 Å². The number of aromatic amines is 1. The zero-order chi connectivity index (χ0) is 20.3. The molecule has 9 heteroatoms. The topological polar surface area (TPSA) is 98.2 Å². The lowest BCUT2D eigenvalue weighted by Crippen LogP contribution is -2.47. The van der Waals surface area contributed by atoms with Crippen LogP contribution in [0, 0.1) is 0 Å². The molecule has 0 saturated carbocycles. The molecule has 4 heterocycles. The van der Waals surface area contributed by atoms with Crippen LogP contribution in [0.25, 0.3) is 28.1 Å². The Balaban J connectivity index is 1.21. The maximum atomic E-state index is 12.7. The Morgan fingerprint density at radius 3 is 3.20 bits per heavy atom. The van der Waals surface area contributed by atoms with Crippen molar-refractivity contribution >= 4 is 34.1 Å². The number of nitrogens with one attached hydrogen (secondary N) is 1. The van der Waals surface area contributed by atoms with E-state index in [2.05, 4.69) is 20.3 Å². The van der Waals surface area contributed by atoms with E-state index in [-0.39, 0.29) is 18.6 Å². The van der Waals surface area contributed by atoms with Crippen LogP contribution in [0.1, 0.15) is 5.56 Å². The molecule has 9 nitrogen and oxygen atoms in total. The maximum absolute atomic E-state index is 12.7. The minimum atomic E-state index is -0.257. The molecule has 0 bridgehead atoms. The van der Waals surface area contributed by atoms with E-state index in [1.54, 1.807) is 23.2 Å². The molecule has 0 spiro atoms. The summed E-state index contributed by atoms with van der Waals surface area (Å²) in [6.45, 7) is 1.68. The number of amides is 1. The van der Waals surface area contributed by atoms with Gasteiger partial charge in [-0.05, 0) is 35.1 Å². The number of carbonyl (C=O) groups excluding carboxylic acids is 1. The van der Waals surface area contributed by atoms with Gasteiger partial charge in [-0.25, -0.2) is 4.98 Å². The van der Waals surface area contributed by atoms with E-state index in [0.717, 1.165) is 16.5 Å². The fraction of sp³-hybridized carbons (Fsp3) is 0.238. The van der Waals surface area contributed by atoms with Crippen LogP contribution in [0.5, 0.6) is 0 Å². The number of hydrogen-bond acceptors (Lipinski definition) is 6. The quantitative estimate of drug-likeness (QED) is 0.508. The summed E-state index contributed by atoms with van der Waals surface area (Å²) in [5, 5.41) is 9.04. The third-order valence-electron chi connectivity index (χ3n) is 5.04. The lowest BCUT2D eigenvalue weighted by Gasteiger charge is -2.31. The van der Waals surface area contributed by atoms with Crippen molar-refractivity contribution in [1.29, 1.82) is 0 Å². The highest BCUT2D eigenvalue weighted by atomic mass is 16.7. The molecule has 1 aliphatic heterocycles. The second-order valence-corrected chi connectivity index (χ2v) is 7.00. The zero-order valence-electron chi connectivity index (χ0n) is 16.1. The van der Waals surface area contributed by atoms with Crippen molar-refractivity contribution in [2.24, 2.45) is 0 Å². The highest BCUT2D eigenvalue weighted by Crippen LogP contribution is 2.19. The van der Waals surface area contributed by atoms with Crippen LogP contribution in [-0.2, 0) is 9.53 Å². The number of para-hydroxylation sites is 1. The van der Waals surface area contributed by atoms with Crippen LogP contribution < -0.4 is 4.84 Å². The number of hydrogen-bond donors (Lipinski definition) is 1. The Morgan fingerprint density at radius 1 is 1.30 bits per heavy atom. The lowest BCUT2D eigenvalue weighted by molar-refractivity contribution is -0.136. The molecule has 3 aromatic heterocycles. The Labute approximate surface area is 171 Å². The van der Waals surface area contributed by atoms with Gasteiger partial charge < -0.3 is 19.5 Å². The largest absolute Gasteiger partial charge is 0.391 e. The normalized spacial score (nSPS) is 17.2. The molecule has 0 radical (unpaired) electrons. The van der Waals surface area contributed by atoms with Gasteiger partial charge in [0.1, 0.15) is 18.2 Å². The smallest absolute Gasteiger partial charge is 0.246 e. The Kier molecular flexibility index (Phi) is 4.86. The number of rotatable bonds is 5. The summed E-state index contributed by atoms with van der Waals surface area (Å²) < 4.78 is 5.75. The van der Waals surface area contributed by atoms with Crippen LogP contribution in [-0.4, -0.2) is 68.3 Å². The molecule has 1 fully saturated rings. The van der Waals surface area contributed by atoms with Crippen molar-refractivity contribution in [3.63, 3.8) is 0 Å². The van der Waals surface area contributed by atoms with Crippen LogP contribution in [0.3, 0.4) is 0 Å². The molecule has 1 aromatic carbocycles. The standard InChI is InChI=1S/C21H20N6O3/c28-20(8-7-15-12-23-18-5-2-1-4-17(15)18)26-10-11-29-16(13-26)14-30-27-21-19(24-25-27)6-3-9-22-21/h1-9,12,16,23H,10-11,13-14H2. The molecule has 152 valence electrons. The molecule has 1 unspecified atom stereocenters. The van der Waals surface area contributed by atoms with Crippen molar-refractivity contribution in [2.45, 2.75) is 6.10 Å². The molecule has 1 saturated heterocycles. The van der Waals surface area contributed by atoms with E-state index in [4.69, 9.17) is 9.57 Å². The summed E-state index contributed by atoms with van der Waals surface area (Å²) in [5.41, 5.74) is 3.23. The third-order valence-corrected chi connectivity index (χ3v) is 5.04. The number of nitrogens with zero attached hydrogens (tertiary/aromatic N) is 5. The number of aromatic nitrogens is 5. The Morgan fingerprint density at radius 2 is 2.23 bits per heavy atom. The highest BCUT2D eigenvalue weighted by molar-refractivity contribution is 5.96. The molecule has 1 amide bonds. The average molecular weight is 404 g/mol. The predicted octanol–water partition coefficient (Wildman–Crippen LogP) is 1.68. The van der Waals surface area contributed by atoms with Crippen molar-refractivity contribution in [3.8, 4) is 0 Å². The van der Waals surface area contributed by atoms with Crippen molar-refractivity contribution in [2.75, 3.05) is 26.3 Å². The molecule has 1 aliphatic rings. The lowest BCUT2D eigenvalue weighted by atomic mass is 10.1. The van der Waals surface area contributed by atoms with Gasteiger partial charge in [0.15, 0.2) is 0 Å².